The lowest BCUT2D eigenvalue weighted by Crippen LogP contribution is -3.10. The maximum atomic E-state index is 11.8. The summed E-state index contributed by atoms with van der Waals surface area (Å²) in [6, 6.07) is 0. The van der Waals surface area contributed by atoms with Crippen LogP contribution < -0.4 is 4.90 Å². The zero-order chi connectivity index (χ0) is 12.2. The van der Waals surface area contributed by atoms with Crippen LogP contribution in [0.15, 0.2) is 0 Å². The van der Waals surface area contributed by atoms with Crippen LogP contribution in [0.2, 0.25) is 0 Å². The highest BCUT2D eigenvalue weighted by atomic mass is 79.9. The molecule has 94 valence electrons. The molecule has 1 rings (SSSR count). The van der Waals surface area contributed by atoms with E-state index < -0.39 is 0 Å². The van der Waals surface area contributed by atoms with Gasteiger partial charge in [-0.15, -0.1) is 0 Å². The summed E-state index contributed by atoms with van der Waals surface area (Å²) in [5, 5.41) is 0.594. The van der Waals surface area contributed by atoms with E-state index in [9.17, 15) is 4.79 Å². The molecule has 1 atom stereocenters. The maximum Gasteiger partial charge on any atom is 0.321 e. The van der Waals surface area contributed by atoms with E-state index in [0.717, 1.165) is 32.4 Å². The van der Waals surface area contributed by atoms with Crippen LogP contribution in [0.1, 0.15) is 26.2 Å². The van der Waals surface area contributed by atoms with E-state index in [2.05, 4.69) is 45.8 Å². The number of ether oxygens (including phenoxy) is 1. The third-order valence-electron chi connectivity index (χ3n) is 3.37. The standard InChI is InChI=1S/C11H19Br2NO2/c1-3-11(4-6-14(2)7-5-11)16-10(15)9(13)8-12/h9H,3-8H2,1-2H3/p+1. The predicted molar refractivity (Wildman–Crippen MR) is 71.5 cm³/mol. The Morgan fingerprint density at radius 1 is 1.50 bits per heavy atom. The summed E-state index contributed by atoms with van der Waals surface area (Å²) >= 11 is 6.59. The largest absolute Gasteiger partial charge is 0.458 e. The molecule has 1 aliphatic heterocycles. The zero-order valence-corrected chi connectivity index (χ0v) is 13.1. The average molecular weight is 358 g/mol. The van der Waals surface area contributed by atoms with E-state index in [1.54, 1.807) is 0 Å². The van der Waals surface area contributed by atoms with E-state index in [-0.39, 0.29) is 16.4 Å². The van der Waals surface area contributed by atoms with Gasteiger partial charge in [0, 0.05) is 18.2 Å². The minimum Gasteiger partial charge on any atom is -0.458 e. The Balaban J connectivity index is 2.57. The van der Waals surface area contributed by atoms with Crippen LogP contribution >= 0.6 is 31.9 Å². The van der Waals surface area contributed by atoms with E-state index in [1.165, 1.54) is 4.90 Å². The Bertz CT molecular complexity index is 240. The third-order valence-corrected chi connectivity index (χ3v) is 5.58. The van der Waals surface area contributed by atoms with Crippen LogP contribution in [-0.2, 0) is 9.53 Å². The molecule has 0 aromatic rings. The van der Waals surface area contributed by atoms with E-state index >= 15 is 0 Å². The van der Waals surface area contributed by atoms with Crippen LogP contribution in [0.4, 0.5) is 0 Å². The predicted octanol–water partition coefficient (Wildman–Crippen LogP) is 1.15. The van der Waals surface area contributed by atoms with Crippen molar-refractivity contribution in [2.24, 2.45) is 0 Å². The molecule has 0 saturated carbocycles. The van der Waals surface area contributed by atoms with Gasteiger partial charge in [0.15, 0.2) is 0 Å². The van der Waals surface area contributed by atoms with Crippen LogP contribution in [0, 0.1) is 0 Å². The lowest BCUT2D eigenvalue weighted by molar-refractivity contribution is -0.887. The zero-order valence-electron chi connectivity index (χ0n) is 9.89. The molecule has 0 spiro atoms. The van der Waals surface area contributed by atoms with Crippen LogP contribution in [0.25, 0.3) is 0 Å². The monoisotopic (exact) mass is 356 g/mol. The normalized spacial score (nSPS) is 32.1. The number of carbonyl (C=O) groups excluding carboxylic acids is 1. The van der Waals surface area contributed by atoms with Gasteiger partial charge in [0.25, 0.3) is 0 Å². The van der Waals surface area contributed by atoms with Gasteiger partial charge in [-0.2, -0.15) is 0 Å². The lowest BCUT2D eigenvalue weighted by Gasteiger charge is -2.37. The fourth-order valence-corrected chi connectivity index (χ4v) is 2.36. The summed E-state index contributed by atoms with van der Waals surface area (Å²) in [6.45, 7) is 4.27. The molecule has 0 aromatic carbocycles. The number of rotatable bonds is 4. The number of esters is 1. The third kappa shape index (κ3) is 3.70. The Hall–Kier alpha value is 0.390. The Kier molecular flexibility index (Phi) is 5.74. The summed E-state index contributed by atoms with van der Waals surface area (Å²) in [6.07, 6.45) is 2.86. The average Bonchev–Trinajstić information content (AvgIpc) is 2.31. The summed E-state index contributed by atoms with van der Waals surface area (Å²) in [5.41, 5.74) is -0.217. The summed E-state index contributed by atoms with van der Waals surface area (Å²) < 4.78 is 5.70. The van der Waals surface area contributed by atoms with Gasteiger partial charge in [0.2, 0.25) is 0 Å². The van der Waals surface area contributed by atoms with Crippen LogP contribution in [-0.4, -0.2) is 41.9 Å². The van der Waals surface area contributed by atoms with Gasteiger partial charge < -0.3 is 9.64 Å². The SMILES string of the molecule is CCC1(OC(=O)C(Br)CBr)CC[NH+](C)CC1. The minimum absolute atomic E-state index is 0.140. The highest BCUT2D eigenvalue weighted by Crippen LogP contribution is 2.27. The number of hydrogen-bond donors (Lipinski definition) is 1. The summed E-state index contributed by atoms with van der Waals surface area (Å²) in [5.74, 6) is -0.140. The topological polar surface area (TPSA) is 30.7 Å². The molecule has 1 saturated heterocycles. The first-order valence-electron chi connectivity index (χ1n) is 5.77. The fraction of sp³-hybridized carbons (Fsp3) is 0.909. The first-order chi connectivity index (χ1) is 7.53. The first-order valence-corrected chi connectivity index (χ1v) is 7.81. The van der Waals surface area contributed by atoms with Gasteiger partial charge in [-0.05, 0) is 6.42 Å². The van der Waals surface area contributed by atoms with Crippen molar-refractivity contribution in [3.05, 3.63) is 0 Å². The number of piperidine rings is 1. The molecule has 1 unspecified atom stereocenters. The first kappa shape index (κ1) is 14.5. The number of carbonyl (C=O) groups is 1. The minimum atomic E-state index is -0.233. The highest BCUT2D eigenvalue weighted by molar-refractivity contribution is 9.12. The molecule has 0 amide bonds. The summed E-state index contributed by atoms with van der Waals surface area (Å²) in [7, 11) is 2.19. The molecule has 3 nitrogen and oxygen atoms in total. The molecule has 0 bridgehead atoms. The second kappa shape index (κ2) is 6.36. The number of nitrogens with one attached hydrogen (secondary N) is 1. The smallest absolute Gasteiger partial charge is 0.321 e. The Morgan fingerprint density at radius 2 is 2.06 bits per heavy atom. The van der Waals surface area contributed by atoms with Crippen molar-refractivity contribution < 1.29 is 14.4 Å². The van der Waals surface area contributed by atoms with Crippen LogP contribution in [0.3, 0.4) is 0 Å². The van der Waals surface area contributed by atoms with Gasteiger partial charge in [0.1, 0.15) is 10.4 Å². The molecule has 1 heterocycles. The van der Waals surface area contributed by atoms with Gasteiger partial charge >= 0.3 is 5.97 Å². The highest BCUT2D eigenvalue weighted by Gasteiger charge is 2.38. The second-order valence-electron chi connectivity index (χ2n) is 4.54. The quantitative estimate of drug-likeness (QED) is 0.604. The Labute approximate surface area is 114 Å². The molecule has 5 heteroatoms. The lowest BCUT2D eigenvalue weighted by atomic mass is 9.89. The molecule has 1 aliphatic rings. The van der Waals surface area contributed by atoms with E-state index in [0.29, 0.717) is 5.33 Å². The molecule has 1 N–H and O–H groups in total. The van der Waals surface area contributed by atoms with Crippen molar-refractivity contribution in [1.82, 2.24) is 0 Å². The van der Waals surface area contributed by atoms with Gasteiger partial charge in [-0.25, -0.2) is 0 Å². The van der Waals surface area contributed by atoms with Gasteiger partial charge in [-0.1, -0.05) is 38.8 Å². The molecule has 0 aromatic heterocycles. The number of halogens is 2. The molecule has 1 fully saturated rings. The fourth-order valence-electron chi connectivity index (χ4n) is 2.00. The van der Waals surface area contributed by atoms with Crippen molar-refractivity contribution in [3.63, 3.8) is 0 Å². The molecule has 16 heavy (non-hydrogen) atoms. The maximum absolute atomic E-state index is 11.8. The summed E-state index contributed by atoms with van der Waals surface area (Å²) in [4.78, 5) is 13.1. The number of alkyl halides is 2. The molecule has 0 aliphatic carbocycles. The number of quaternary nitrogens is 1. The van der Waals surface area contributed by atoms with Crippen molar-refractivity contribution in [2.75, 3.05) is 25.5 Å². The van der Waals surface area contributed by atoms with Crippen LogP contribution in [0.5, 0.6) is 0 Å². The second-order valence-corrected chi connectivity index (χ2v) is 6.29. The van der Waals surface area contributed by atoms with Crippen molar-refractivity contribution in [2.45, 2.75) is 36.6 Å². The van der Waals surface area contributed by atoms with Gasteiger partial charge in [-0.3, -0.25) is 4.79 Å². The molecular formula is C11H20Br2NO2+. The van der Waals surface area contributed by atoms with Gasteiger partial charge in [0.05, 0.1) is 20.1 Å². The Morgan fingerprint density at radius 3 is 2.50 bits per heavy atom. The van der Waals surface area contributed by atoms with Crippen molar-refractivity contribution >= 4 is 37.8 Å². The van der Waals surface area contributed by atoms with Crippen molar-refractivity contribution in [1.29, 1.82) is 0 Å². The number of likely N-dealkylation sites (tertiary alicyclic amines) is 1. The number of hydrogen-bond acceptors (Lipinski definition) is 2. The van der Waals surface area contributed by atoms with E-state index in [1.807, 2.05) is 0 Å². The molecular weight excluding hydrogens is 338 g/mol. The molecule has 0 radical (unpaired) electrons. The van der Waals surface area contributed by atoms with Crippen molar-refractivity contribution in [3.8, 4) is 0 Å². The van der Waals surface area contributed by atoms with E-state index in [4.69, 9.17) is 4.74 Å².